The van der Waals surface area contributed by atoms with E-state index in [1.165, 1.54) is 11.3 Å². The Kier molecular flexibility index (Phi) is 4.80. The Morgan fingerprint density at radius 1 is 1.32 bits per heavy atom. The molecule has 0 bridgehead atoms. The van der Waals surface area contributed by atoms with Crippen LogP contribution in [0.15, 0.2) is 11.4 Å². The lowest BCUT2D eigenvalue weighted by molar-refractivity contribution is 0.00625. The van der Waals surface area contributed by atoms with Gasteiger partial charge in [0.1, 0.15) is 5.60 Å². The van der Waals surface area contributed by atoms with Crippen molar-refractivity contribution in [3.8, 4) is 0 Å². The maximum absolute atomic E-state index is 12.6. The highest BCUT2D eigenvalue weighted by atomic mass is 32.1. The van der Waals surface area contributed by atoms with Crippen LogP contribution in [-0.2, 0) is 4.74 Å². The molecule has 1 unspecified atom stereocenters. The van der Waals surface area contributed by atoms with Crippen molar-refractivity contribution in [1.82, 2.24) is 9.80 Å². The predicted molar refractivity (Wildman–Crippen MR) is 87.4 cm³/mol. The Morgan fingerprint density at radius 2 is 2.00 bits per heavy atom. The summed E-state index contributed by atoms with van der Waals surface area (Å²) in [4.78, 5) is 29.0. The zero-order valence-electron chi connectivity index (χ0n) is 13.9. The molecule has 6 heteroatoms. The number of ether oxygens (including phenoxy) is 1. The van der Waals surface area contributed by atoms with E-state index in [1.54, 1.807) is 4.90 Å². The van der Waals surface area contributed by atoms with Gasteiger partial charge in [0.05, 0.1) is 4.88 Å². The van der Waals surface area contributed by atoms with Crippen LogP contribution in [0, 0.1) is 6.92 Å². The molecule has 2 rings (SSSR count). The van der Waals surface area contributed by atoms with E-state index >= 15 is 0 Å². The van der Waals surface area contributed by atoms with Gasteiger partial charge in [-0.2, -0.15) is 0 Å². The van der Waals surface area contributed by atoms with Crippen LogP contribution in [-0.4, -0.2) is 53.1 Å². The van der Waals surface area contributed by atoms with Crippen molar-refractivity contribution in [3.05, 3.63) is 21.9 Å². The van der Waals surface area contributed by atoms with Gasteiger partial charge in [-0.05, 0) is 51.6 Å². The fourth-order valence-electron chi connectivity index (χ4n) is 2.47. The minimum absolute atomic E-state index is 0.0183. The molecule has 1 atom stereocenters. The monoisotopic (exact) mass is 324 g/mol. The van der Waals surface area contributed by atoms with E-state index in [0.717, 1.165) is 10.4 Å². The second kappa shape index (κ2) is 6.28. The quantitative estimate of drug-likeness (QED) is 0.797. The summed E-state index contributed by atoms with van der Waals surface area (Å²) in [6.07, 6.45) is -0.307. The highest BCUT2D eigenvalue weighted by Gasteiger charge is 2.33. The molecular weight excluding hydrogens is 300 g/mol. The van der Waals surface area contributed by atoms with Crippen LogP contribution in [0.1, 0.15) is 42.9 Å². The highest BCUT2D eigenvalue weighted by molar-refractivity contribution is 7.12. The molecular formula is C16H24N2O3S. The molecule has 0 aliphatic carbocycles. The summed E-state index contributed by atoms with van der Waals surface area (Å²) < 4.78 is 5.40. The van der Waals surface area contributed by atoms with E-state index < -0.39 is 5.60 Å². The third kappa shape index (κ3) is 3.80. The summed E-state index contributed by atoms with van der Waals surface area (Å²) in [5.41, 5.74) is 0.512. The third-order valence-corrected chi connectivity index (χ3v) is 4.60. The molecule has 5 nitrogen and oxygen atoms in total. The third-order valence-electron chi connectivity index (χ3n) is 3.60. The van der Waals surface area contributed by atoms with Gasteiger partial charge < -0.3 is 14.5 Å². The van der Waals surface area contributed by atoms with Gasteiger partial charge >= 0.3 is 6.09 Å². The second-order valence-electron chi connectivity index (χ2n) is 6.71. The topological polar surface area (TPSA) is 49.9 Å². The van der Waals surface area contributed by atoms with Crippen LogP contribution in [0.4, 0.5) is 4.79 Å². The molecule has 2 amide bonds. The van der Waals surface area contributed by atoms with E-state index in [4.69, 9.17) is 4.74 Å². The molecule has 1 saturated heterocycles. The van der Waals surface area contributed by atoms with Crippen LogP contribution < -0.4 is 0 Å². The van der Waals surface area contributed by atoms with E-state index in [2.05, 4.69) is 0 Å². The number of hydrogen-bond acceptors (Lipinski definition) is 4. The number of carbonyl (C=O) groups excluding carboxylic acids is 2. The maximum Gasteiger partial charge on any atom is 0.410 e. The number of nitrogens with zero attached hydrogens (tertiary/aromatic N) is 2. The molecule has 1 aromatic rings. The zero-order chi connectivity index (χ0) is 16.5. The van der Waals surface area contributed by atoms with E-state index in [9.17, 15) is 9.59 Å². The van der Waals surface area contributed by atoms with Gasteiger partial charge in [0.2, 0.25) is 0 Å². The van der Waals surface area contributed by atoms with Crippen LogP contribution in [0.2, 0.25) is 0 Å². The van der Waals surface area contributed by atoms with Gasteiger partial charge in [0.15, 0.2) is 0 Å². The standard InChI is InChI=1S/C16H24N2O3S/c1-11-6-9-22-13(11)14(19)18-8-7-17(10-12(18)2)15(20)21-16(3,4)5/h6,9,12H,7-8,10H2,1-5H3. The van der Waals surface area contributed by atoms with Gasteiger partial charge in [0, 0.05) is 25.7 Å². The summed E-state index contributed by atoms with van der Waals surface area (Å²) in [6, 6.07) is 1.94. The van der Waals surface area contributed by atoms with Crippen molar-refractivity contribution in [2.24, 2.45) is 0 Å². The first-order valence-electron chi connectivity index (χ1n) is 7.52. The fraction of sp³-hybridized carbons (Fsp3) is 0.625. The summed E-state index contributed by atoms with van der Waals surface area (Å²) >= 11 is 1.47. The predicted octanol–water partition coefficient (Wildman–Crippen LogP) is 3.14. The lowest BCUT2D eigenvalue weighted by atomic mass is 10.1. The Balaban J connectivity index is 2.00. The molecule has 1 aromatic heterocycles. The van der Waals surface area contributed by atoms with Gasteiger partial charge in [0.25, 0.3) is 5.91 Å². The SMILES string of the molecule is Cc1ccsc1C(=O)N1CCN(C(=O)OC(C)(C)C)CC1C. The summed E-state index contributed by atoms with van der Waals surface area (Å²) in [6.45, 7) is 11.0. The van der Waals surface area contributed by atoms with E-state index in [-0.39, 0.29) is 18.0 Å². The number of amides is 2. The van der Waals surface area contributed by atoms with Crippen LogP contribution in [0.5, 0.6) is 0 Å². The fourth-order valence-corrected chi connectivity index (χ4v) is 3.35. The van der Waals surface area contributed by atoms with Crippen molar-refractivity contribution in [3.63, 3.8) is 0 Å². The first kappa shape index (κ1) is 16.8. The van der Waals surface area contributed by atoms with Crippen molar-refractivity contribution in [2.75, 3.05) is 19.6 Å². The Hall–Kier alpha value is -1.56. The van der Waals surface area contributed by atoms with Crippen molar-refractivity contribution >= 4 is 23.3 Å². The number of carbonyl (C=O) groups is 2. The molecule has 1 aliphatic heterocycles. The molecule has 1 fully saturated rings. The molecule has 0 aromatic carbocycles. The largest absolute Gasteiger partial charge is 0.444 e. The summed E-state index contributed by atoms with van der Waals surface area (Å²) in [5.74, 6) is 0.0591. The normalized spacial score (nSPS) is 19.2. The smallest absolute Gasteiger partial charge is 0.410 e. The minimum Gasteiger partial charge on any atom is -0.444 e. The summed E-state index contributed by atoms with van der Waals surface area (Å²) in [5, 5.41) is 1.93. The van der Waals surface area contributed by atoms with Gasteiger partial charge in [-0.25, -0.2) is 4.79 Å². The molecule has 1 aliphatic rings. The molecule has 22 heavy (non-hydrogen) atoms. The van der Waals surface area contributed by atoms with Crippen LogP contribution in [0.3, 0.4) is 0 Å². The minimum atomic E-state index is -0.499. The maximum atomic E-state index is 12.6. The van der Waals surface area contributed by atoms with E-state index in [1.807, 2.05) is 51.0 Å². The number of rotatable bonds is 1. The first-order valence-corrected chi connectivity index (χ1v) is 8.40. The van der Waals surface area contributed by atoms with Crippen LogP contribution in [0.25, 0.3) is 0 Å². The van der Waals surface area contributed by atoms with Crippen molar-refractivity contribution in [1.29, 1.82) is 0 Å². The average Bonchev–Trinajstić information content (AvgIpc) is 2.82. The van der Waals surface area contributed by atoms with Crippen LogP contribution >= 0.6 is 11.3 Å². The van der Waals surface area contributed by atoms with Crippen molar-refractivity contribution in [2.45, 2.75) is 46.3 Å². The molecule has 2 heterocycles. The van der Waals surface area contributed by atoms with Gasteiger partial charge in [-0.1, -0.05) is 0 Å². The molecule has 0 saturated carbocycles. The highest BCUT2D eigenvalue weighted by Crippen LogP contribution is 2.22. The van der Waals surface area contributed by atoms with Crippen molar-refractivity contribution < 1.29 is 14.3 Å². The number of hydrogen-bond donors (Lipinski definition) is 0. The lowest BCUT2D eigenvalue weighted by Crippen LogP contribution is -2.56. The Morgan fingerprint density at radius 3 is 2.50 bits per heavy atom. The molecule has 0 spiro atoms. The lowest BCUT2D eigenvalue weighted by Gasteiger charge is -2.40. The summed E-state index contributed by atoms with van der Waals surface area (Å²) in [7, 11) is 0. The molecule has 122 valence electrons. The average molecular weight is 324 g/mol. The molecule has 0 radical (unpaired) electrons. The number of aryl methyl sites for hydroxylation is 1. The van der Waals surface area contributed by atoms with Gasteiger partial charge in [-0.15, -0.1) is 11.3 Å². The van der Waals surface area contributed by atoms with E-state index in [0.29, 0.717) is 19.6 Å². The first-order chi connectivity index (χ1) is 10.2. The Bertz CT molecular complexity index is 562. The zero-order valence-corrected chi connectivity index (χ0v) is 14.7. The molecule has 0 N–H and O–H groups in total. The number of thiophene rings is 1. The van der Waals surface area contributed by atoms with Gasteiger partial charge in [-0.3, -0.25) is 4.79 Å². The Labute approximate surface area is 135 Å². The second-order valence-corrected chi connectivity index (χ2v) is 7.62. The number of piperazine rings is 1.